The van der Waals surface area contributed by atoms with E-state index < -0.39 is 0 Å². The number of aromatic nitrogens is 4. The molecular formula is C21H31N5O. The fourth-order valence-corrected chi connectivity index (χ4v) is 4.71. The van der Waals surface area contributed by atoms with Gasteiger partial charge in [0.05, 0.1) is 11.4 Å². The highest BCUT2D eigenvalue weighted by atomic mass is 16.1. The molecule has 0 unspecified atom stereocenters. The number of nitrogens with zero attached hydrogens (tertiary/aromatic N) is 4. The molecule has 3 heterocycles. The van der Waals surface area contributed by atoms with Crippen LogP contribution in [0.1, 0.15) is 68.8 Å². The lowest BCUT2D eigenvalue weighted by Gasteiger charge is -2.33. The molecular weight excluding hydrogens is 338 g/mol. The van der Waals surface area contributed by atoms with Crippen molar-refractivity contribution in [1.82, 2.24) is 24.6 Å². The summed E-state index contributed by atoms with van der Waals surface area (Å²) in [4.78, 5) is 22.3. The number of likely N-dealkylation sites (tertiary alicyclic amines) is 1. The molecule has 1 atom stereocenters. The first kappa shape index (κ1) is 18.4. The number of piperidine rings is 1. The van der Waals surface area contributed by atoms with Crippen LogP contribution in [-0.4, -0.2) is 44.3 Å². The van der Waals surface area contributed by atoms with E-state index in [1.807, 2.05) is 19.1 Å². The van der Waals surface area contributed by atoms with Gasteiger partial charge in [-0.25, -0.2) is 4.79 Å². The van der Waals surface area contributed by atoms with E-state index in [2.05, 4.69) is 20.0 Å². The number of rotatable bonds is 5. The van der Waals surface area contributed by atoms with Crippen LogP contribution < -0.4 is 5.69 Å². The Hall–Kier alpha value is -1.95. The summed E-state index contributed by atoms with van der Waals surface area (Å²) in [7, 11) is 0. The van der Waals surface area contributed by atoms with Crippen LogP contribution in [-0.2, 0) is 0 Å². The summed E-state index contributed by atoms with van der Waals surface area (Å²) in [6.07, 6.45) is 12.4. The summed E-state index contributed by atoms with van der Waals surface area (Å²) in [5, 5.41) is 4.63. The fraction of sp³-hybridized carbons (Fsp3) is 0.667. The van der Waals surface area contributed by atoms with Crippen molar-refractivity contribution in [1.29, 1.82) is 0 Å². The van der Waals surface area contributed by atoms with Gasteiger partial charge in [0.2, 0.25) is 0 Å². The largest absolute Gasteiger partial charge is 0.348 e. The first-order chi connectivity index (χ1) is 13.2. The summed E-state index contributed by atoms with van der Waals surface area (Å²) in [6.45, 7) is 5.28. The number of H-pyrrole nitrogens is 1. The minimum atomic E-state index is -0.166. The molecule has 2 aromatic rings. The molecule has 0 aromatic carbocycles. The number of pyridine rings is 1. The molecule has 1 aliphatic carbocycles. The molecule has 0 radical (unpaired) electrons. The van der Waals surface area contributed by atoms with Crippen molar-refractivity contribution in [3.63, 3.8) is 0 Å². The van der Waals surface area contributed by atoms with Crippen LogP contribution in [0.5, 0.6) is 0 Å². The SMILES string of the molecule is Cc1ncccc1-n1nc([C@H]2CCCN(CCC3CCCCC3)C2)[nH]c1=O. The molecule has 2 aliphatic rings. The van der Waals surface area contributed by atoms with E-state index in [1.54, 1.807) is 6.20 Å². The molecule has 1 N–H and O–H groups in total. The van der Waals surface area contributed by atoms with Gasteiger partial charge in [0.25, 0.3) is 0 Å². The third-order valence-corrected chi connectivity index (χ3v) is 6.31. The van der Waals surface area contributed by atoms with E-state index in [0.717, 1.165) is 36.1 Å². The van der Waals surface area contributed by atoms with Gasteiger partial charge in [0.15, 0.2) is 0 Å². The Kier molecular flexibility index (Phi) is 5.72. The molecule has 2 aromatic heterocycles. The van der Waals surface area contributed by atoms with Crippen molar-refractivity contribution >= 4 is 0 Å². The van der Waals surface area contributed by atoms with Gasteiger partial charge in [0.1, 0.15) is 5.82 Å². The van der Waals surface area contributed by atoms with Gasteiger partial charge in [0, 0.05) is 18.7 Å². The third kappa shape index (κ3) is 4.32. The molecule has 4 rings (SSSR count). The minimum Gasteiger partial charge on any atom is -0.303 e. The van der Waals surface area contributed by atoms with Crippen molar-refractivity contribution in [2.24, 2.45) is 5.92 Å². The monoisotopic (exact) mass is 369 g/mol. The van der Waals surface area contributed by atoms with Gasteiger partial charge in [-0.05, 0) is 57.3 Å². The maximum Gasteiger partial charge on any atom is 0.348 e. The maximum absolute atomic E-state index is 12.5. The van der Waals surface area contributed by atoms with Crippen molar-refractivity contribution in [2.45, 2.75) is 64.2 Å². The van der Waals surface area contributed by atoms with Crippen LogP contribution in [0.4, 0.5) is 0 Å². The van der Waals surface area contributed by atoms with E-state index in [4.69, 9.17) is 0 Å². The van der Waals surface area contributed by atoms with Gasteiger partial charge < -0.3 is 4.90 Å². The smallest absolute Gasteiger partial charge is 0.303 e. The molecule has 6 heteroatoms. The van der Waals surface area contributed by atoms with Gasteiger partial charge in [-0.2, -0.15) is 4.68 Å². The lowest BCUT2D eigenvalue weighted by atomic mass is 9.86. The van der Waals surface area contributed by atoms with Crippen LogP contribution in [0.3, 0.4) is 0 Å². The van der Waals surface area contributed by atoms with Crippen molar-refractivity contribution in [3.8, 4) is 5.69 Å². The van der Waals surface area contributed by atoms with E-state index in [-0.39, 0.29) is 5.69 Å². The Bertz CT molecular complexity index is 805. The Morgan fingerprint density at radius 3 is 2.85 bits per heavy atom. The number of hydrogen-bond donors (Lipinski definition) is 1. The Morgan fingerprint density at radius 1 is 1.19 bits per heavy atom. The lowest BCUT2D eigenvalue weighted by Crippen LogP contribution is -2.36. The zero-order valence-electron chi connectivity index (χ0n) is 16.4. The Labute approximate surface area is 161 Å². The van der Waals surface area contributed by atoms with E-state index in [0.29, 0.717) is 5.92 Å². The van der Waals surface area contributed by atoms with E-state index in [9.17, 15) is 4.79 Å². The first-order valence-electron chi connectivity index (χ1n) is 10.5. The van der Waals surface area contributed by atoms with Gasteiger partial charge in [-0.3, -0.25) is 9.97 Å². The standard InChI is InChI=1S/C21H31N5O/c1-16-19(10-5-12-22-16)26-21(27)23-20(24-26)18-9-6-13-25(15-18)14-11-17-7-3-2-4-8-17/h5,10,12,17-18H,2-4,6-9,11,13-15H2,1H3,(H,23,24,27)/t18-/m0/s1. The summed E-state index contributed by atoms with van der Waals surface area (Å²) < 4.78 is 1.47. The molecule has 6 nitrogen and oxygen atoms in total. The number of aryl methyl sites for hydroxylation is 1. The lowest BCUT2D eigenvalue weighted by molar-refractivity contribution is 0.182. The van der Waals surface area contributed by atoms with Gasteiger partial charge >= 0.3 is 5.69 Å². The molecule has 0 spiro atoms. The molecule has 27 heavy (non-hydrogen) atoms. The molecule has 2 fully saturated rings. The summed E-state index contributed by atoms with van der Waals surface area (Å²) in [5.74, 6) is 2.06. The zero-order valence-corrected chi connectivity index (χ0v) is 16.4. The first-order valence-corrected chi connectivity index (χ1v) is 10.5. The van der Waals surface area contributed by atoms with Crippen LogP contribution in [0, 0.1) is 12.8 Å². The Morgan fingerprint density at radius 2 is 2.04 bits per heavy atom. The summed E-state index contributed by atoms with van der Waals surface area (Å²) in [5.41, 5.74) is 1.41. The molecule has 1 aliphatic heterocycles. The van der Waals surface area contributed by atoms with Crippen LogP contribution in [0.2, 0.25) is 0 Å². The maximum atomic E-state index is 12.5. The second-order valence-corrected chi connectivity index (χ2v) is 8.27. The molecule has 146 valence electrons. The highest BCUT2D eigenvalue weighted by Gasteiger charge is 2.25. The second kappa shape index (κ2) is 8.38. The fourth-order valence-electron chi connectivity index (χ4n) is 4.71. The van der Waals surface area contributed by atoms with Crippen molar-refractivity contribution in [3.05, 3.63) is 40.3 Å². The average molecular weight is 370 g/mol. The van der Waals surface area contributed by atoms with Crippen LogP contribution >= 0.6 is 0 Å². The average Bonchev–Trinajstić information content (AvgIpc) is 3.09. The van der Waals surface area contributed by atoms with Gasteiger partial charge in [-0.1, -0.05) is 32.1 Å². The van der Waals surface area contributed by atoms with Crippen molar-refractivity contribution < 1.29 is 0 Å². The second-order valence-electron chi connectivity index (χ2n) is 8.27. The highest BCUT2D eigenvalue weighted by Crippen LogP contribution is 2.28. The topological polar surface area (TPSA) is 66.8 Å². The number of aromatic amines is 1. The number of nitrogens with one attached hydrogen (secondary N) is 1. The molecule has 0 amide bonds. The Balaban J connectivity index is 1.42. The van der Waals surface area contributed by atoms with Crippen molar-refractivity contribution in [2.75, 3.05) is 19.6 Å². The molecule has 1 saturated heterocycles. The summed E-state index contributed by atoms with van der Waals surface area (Å²) >= 11 is 0. The summed E-state index contributed by atoms with van der Waals surface area (Å²) in [6, 6.07) is 3.74. The molecule has 0 bridgehead atoms. The predicted molar refractivity (Wildman–Crippen MR) is 106 cm³/mol. The quantitative estimate of drug-likeness (QED) is 0.877. The highest BCUT2D eigenvalue weighted by molar-refractivity contribution is 5.33. The molecule has 1 saturated carbocycles. The third-order valence-electron chi connectivity index (χ3n) is 6.31. The number of hydrogen-bond acceptors (Lipinski definition) is 4. The van der Waals surface area contributed by atoms with Gasteiger partial charge in [-0.15, -0.1) is 5.10 Å². The zero-order chi connectivity index (χ0) is 18.6. The normalized spacial score (nSPS) is 22.2. The van der Waals surface area contributed by atoms with E-state index in [1.165, 1.54) is 62.7 Å². The van der Waals surface area contributed by atoms with E-state index >= 15 is 0 Å². The van der Waals surface area contributed by atoms with Crippen LogP contribution in [0.25, 0.3) is 5.69 Å². The minimum absolute atomic E-state index is 0.166. The van der Waals surface area contributed by atoms with Crippen LogP contribution in [0.15, 0.2) is 23.1 Å². The predicted octanol–water partition coefficient (Wildman–Crippen LogP) is 3.41.